The van der Waals surface area contributed by atoms with E-state index >= 15 is 0 Å². The third kappa shape index (κ3) is 1.58. The molecule has 0 aliphatic rings. The van der Waals surface area contributed by atoms with Gasteiger partial charge in [0, 0.05) is 16.1 Å². The molecule has 0 fully saturated rings. The standard InChI is InChI=1S/C11H11NS/c1-8-4-5-10(12)9(7-8)11-3-2-6-13-11/h2-7H,12H2,1H3. The Morgan fingerprint density at radius 3 is 2.77 bits per heavy atom. The molecule has 0 spiro atoms. The maximum atomic E-state index is 5.89. The largest absolute Gasteiger partial charge is 0.398 e. The van der Waals surface area contributed by atoms with Gasteiger partial charge in [0.05, 0.1) is 0 Å². The maximum Gasteiger partial charge on any atom is 0.0402 e. The van der Waals surface area contributed by atoms with Crippen molar-refractivity contribution in [2.24, 2.45) is 0 Å². The predicted octanol–water partition coefficient (Wildman–Crippen LogP) is 3.31. The summed E-state index contributed by atoms with van der Waals surface area (Å²) in [5.41, 5.74) is 9.14. The van der Waals surface area contributed by atoms with Crippen LogP contribution in [0.5, 0.6) is 0 Å². The first-order valence-electron chi connectivity index (χ1n) is 4.17. The van der Waals surface area contributed by atoms with Crippen LogP contribution >= 0.6 is 11.3 Å². The fourth-order valence-electron chi connectivity index (χ4n) is 1.32. The second kappa shape index (κ2) is 3.23. The van der Waals surface area contributed by atoms with Crippen molar-refractivity contribution in [1.82, 2.24) is 0 Å². The van der Waals surface area contributed by atoms with Crippen LogP contribution in [-0.4, -0.2) is 0 Å². The fourth-order valence-corrected chi connectivity index (χ4v) is 2.08. The normalized spacial score (nSPS) is 10.2. The first-order chi connectivity index (χ1) is 6.27. The summed E-state index contributed by atoms with van der Waals surface area (Å²) in [6, 6.07) is 10.3. The Bertz CT molecular complexity index is 404. The van der Waals surface area contributed by atoms with Gasteiger partial charge in [-0.1, -0.05) is 17.7 Å². The molecule has 2 N–H and O–H groups in total. The summed E-state index contributed by atoms with van der Waals surface area (Å²) in [6.45, 7) is 2.08. The molecule has 0 amide bonds. The smallest absolute Gasteiger partial charge is 0.0402 e. The van der Waals surface area contributed by atoms with Crippen molar-refractivity contribution >= 4 is 17.0 Å². The van der Waals surface area contributed by atoms with Crippen molar-refractivity contribution < 1.29 is 0 Å². The van der Waals surface area contributed by atoms with Crippen LogP contribution in [0.25, 0.3) is 10.4 Å². The number of aryl methyl sites for hydroxylation is 1. The fraction of sp³-hybridized carbons (Fsp3) is 0.0909. The Morgan fingerprint density at radius 2 is 2.08 bits per heavy atom. The van der Waals surface area contributed by atoms with Crippen LogP contribution in [0.3, 0.4) is 0 Å². The van der Waals surface area contributed by atoms with Gasteiger partial charge >= 0.3 is 0 Å². The Kier molecular flexibility index (Phi) is 2.07. The summed E-state index contributed by atoms with van der Waals surface area (Å²) in [4.78, 5) is 1.24. The Morgan fingerprint density at radius 1 is 1.23 bits per heavy atom. The maximum absolute atomic E-state index is 5.89. The topological polar surface area (TPSA) is 26.0 Å². The van der Waals surface area contributed by atoms with Gasteiger partial charge < -0.3 is 5.73 Å². The first kappa shape index (κ1) is 8.32. The van der Waals surface area contributed by atoms with E-state index in [4.69, 9.17) is 5.73 Å². The lowest BCUT2D eigenvalue weighted by Crippen LogP contribution is -1.88. The van der Waals surface area contributed by atoms with Crippen LogP contribution < -0.4 is 5.73 Å². The number of rotatable bonds is 1. The zero-order chi connectivity index (χ0) is 9.26. The van der Waals surface area contributed by atoms with E-state index in [1.54, 1.807) is 11.3 Å². The molecule has 2 rings (SSSR count). The average molecular weight is 189 g/mol. The zero-order valence-corrected chi connectivity index (χ0v) is 8.27. The van der Waals surface area contributed by atoms with Gasteiger partial charge in [0.15, 0.2) is 0 Å². The second-order valence-electron chi connectivity index (χ2n) is 3.07. The molecule has 0 bridgehead atoms. The minimum Gasteiger partial charge on any atom is -0.398 e. The third-order valence-electron chi connectivity index (χ3n) is 2.00. The van der Waals surface area contributed by atoms with Crippen LogP contribution in [0.1, 0.15) is 5.56 Å². The van der Waals surface area contributed by atoms with Gasteiger partial charge in [-0.3, -0.25) is 0 Å². The predicted molar refractivity (Wildman–Crippen MR) is 58.9 cm³/mol. The van der Waals surface area contributed by atoms with Gasteiger partial charge in [0.2, 0.25) is 0 Å². The van der Waals surface area contributed by atoms with Crippen molar-refractivity contribution in [2.75, 3.05) is 5.73 Å². The number of hydrogen-bond acceptors (Lipinski definition) is 2. The Labute approximate surface area is 81.8 Å². The van der Waals surface area contributed by atoms with E-state index in [2.05, 4.69) is 24.4 Å². The van der Waals surface area contributed by atoms with Gasteiger partial charge in [0.25, 0.3) is 0 Å². The lowest BCUT2D eigenvalue weighted by atomic mass is 10.1. The monoisotopic (exact) mass is 189 g/mol. The number of thiophene rings is 1. The highest BCUT2D eigenvalue weighted by molar-refractivity contribution is 7.13. The molecular formula is C11H11NS. The highest BCUT2D eigenvalue weighted by atomic mass is 32.1. The number of nitrogens with two attached hydrogens (primary N) is 1. The summed E-state index contributed by atoms with van der Waals surface area (Å²) in [7, 11) is 0. The SMILES string of the molecule is Cc1ccc(N)c(-c2cccs2)c1. The molecule has 1 heterocycles. The molecular weight excluding hydrogens is 178 g/mol. The highest BCUT2D eigenvalue weighted by Crippen LogP contribution is 2.30. The molecule has 0 saturated carbocycles. The molecule has 2 aromatic rings. The van der Waals surface area contributed by atoms with Gasteiger partial charge in [-0.05, 0) is 30.5 Å². The average Bonchev–Trinajstić information content (AvgIpc) is 2.61. The van der Waals surface area contributed by atoms with Crippen molar-refractivity contribution in [3.8, 4) is 10.4 Å². The van der Waals surface area contributed by atoms with Crippen LogP contribution in [0, 0.1) is 6.92 Å². The van der Waals surface area contributed by atoms with Crippen molar-refractivity contribution in [3.05, 3.63) is 41.3 Å². The summed E-state index contributed by atoms with van der Waals surface area (Å²) < 4.78 is 0. The second-order valence-corrected chi connectivity index (χ2v) is 4.02. The van der Waals surface area contributed by atoms with Gasteiger partial charge in [-0.15, -0.1) is 11.3 Å². The molecule has 1 nitrogen and oxygen atoms in total. The molecule has 0 unspecified atom stereocenters. The summed E-state index contributed by atoms with van der Waals surface area (Å²) in [5, 5.41) is 2.07. The van der Waals surface area contributed by atoms with E-state index in [9.17, 15) is 0 Å². The van der Waals surface area contributed by atoms with Crippen LogP contribution in [-0.2, 0) is 0 Å². The molecule has 0 saturated heterocycles. The first-order valence-corrected chi connectivity index (χ1v) is 5.05. The third-order valence-corrected chi connectivity index (χ3v) is 2.90. The number of nitrogen functional groups attached to an aromatic ring is 1. The minimum absolute atomic E-state index is 0.855. The molecule has 0 aliphatic heterocycles. The van der Waals surface area contributed by atoms with Gasteiger partial charge in [-0.2, -0.15) is 0 Å². The van der Waals surface area contributed by atoms with E-state index in [0.717, 1.165) is 11.3 Å². The van der Waals surface area contributed by atoms with E-state index in [-0.39, 0.29) is 0 Å². The lowest BCUT2D eigenvalue weighted by Gasteiger charge is -2.03. The van der Waals surface area contributed by atoms with E-state index < -0.39 is 0 Å². The minimum atomic E-state index is 0.855. The molecule has 1 aromatic carbocycles. The van der Waals surface area contributed by atoms with Gasteiger partial charge in [-0.25, -0.2) is 0 Å². The van der Waals surface area contributed by atoms with Crippen molar-refractivity contribution in [2.45, 2.75) is 6.92 Å². The number of hydrogen-bond donors (Lipinski definition) is 1. The van der Waals surface area contributed by atoms with Crippen molar-refractivity contribution in [3.63, 3.8) is 0 Å². The lowest BCUT2D eigenvalue weighted by molar-refractivity contribution is 1.48. The quantitative estimate of drug-likeness (QED) is 0.684. The van der Waals surface area contributed by atoms with E-state index in [0.29, 0.717) is 0 Å². The van der Waals surface area contributed by atoms with Crippen molar-refractivity contribution in [1.29, 1.82) is 0 Å². The Hall–Kier alpha value is -1.28. The van der Waals surface area contributed by atoms with Crippen LogP contribution in [0.15, 0.2) is 35.7 Å². The molecule has 0 radical (unpaired) electrons. The number of benzene rings is 1. The zero-order valence-electron chi connectivity index (χ0n) is 7.45. The molecule has 0 atom stereocenters. The molecule has 2 heteroatoms. The summed E-state index contributed by atoms with van der Waals surface area (Å²) >= 11 is 1.72. The van der Waals surface area contributed by atoms with Crippen LogP contribution in [0.2, 0.25) is 0 Å². The molecule has 66 valence electrons. The van der Waals surface area contributed by atoms with E-state index in [1.807, 2.05) is 18.2 Å². The highest BCUT2D eigenvalue weighted by Gasteiger charge is 2.02. The number of anilines is 1. The molecule has 1 aromatic heterocycles. The van der Waals surface area contributed by atoms with Gasteiger partial charge in [0.1, 0.15) is 0 Å². The van der Waals surface area contributed by atoms with E-state index in [1.165, 1.54) is 10.4 Å². The molecule has 13 heavy (non-hydrogen) atoms. The summed E-state index contributed by atoms with van der Waals surface area (Å²) in [6.07, 6.45) is 0. The van der Waals surface area contributed by atoms with Crippen LogP contribution in [0.4, 0.5) is 5.69 Å². The summed E-state index contributed by atoms with van der Waals surface area (Å²) in [5.74, 6) is 0. The Balaban J connectivity index is 2.57. The molecule has 0 aliphatic carbocycles.